The molecule has 0 saturated heterocycles. The highest BCUT2D eigenvalue weighted by molar-refractivity contribution is 5.85. The monoisotopic (exact) mass is 280 g/mol. The second-order valence-electron chi connectivity index (χ2n) is 5.87. The van der Waals surface area contributed by atoms with E-state index in [4.69, 9.17) is 5.11 Å². The summed E-state index contributed by atoms with van der Waals surface area (Å²) in [4.78, 5) is 23.4. The molecule has 2 rings (SSSR count). The Morgan fingerprint density at radius 1 is 1.15 bits per heavy atom. The summed E-state index contributed by atoms with van der Waals surface area (Å²) in [5.74, 6) is 0.443. The fourth-order valence-electron chi connectivity index (χ4n) is 3.00. The zero-order valence-electron chi connectivity index (χ0n) is 11.8. The SMILES string of the molecule is O=C(CC1CCCC1)NCC(=O)N[C@@H]1C=C[C@H](CO)C1. The van der Waals surface area contributed by atoms with Gasteiger partial charge in [0.25, 0.3) is 0 Å². The average Bonchev–Trinajstić information content (AvgIpc) is 3.08. The number of carbonyl (C=O) groups excluding carboxylic acids is 2. The highest BCUT2D eigenvalue weighted by Gasteiger charge is 2.21. The molecule has 2 amide bonds. The zero-order valence-corrected chi connectivity index (χ0v) is 11.8. The summed E-state index contributed by atoms with van der Waals surface area (Å²) >= 11 is 0. The van der Waals surface area contributed by atoms with Gasteiger partial charge in [-0.05, 0) is 25.2 Å². The Balaban J connectivity index is 1.60. The Labute approximate surface area is 119 Å². The molecule has 2 aliphatic rings. The van der Waals surface area contributed by atoms with Crippen molar-refractivity contribution >= 4 is 11.8 Å². The third kappa shape index (κ3) is 4.63. The van der Waals surface area contributed by atoms with E-state index in [1.165, 1.54) is 12.8 Å². The van der Waals surface area contributed by atoms with Gasteiger partial charge in [0.05, 0.1) is 6.54 Å². The summed E-state index contributed by atoms with van der Waals surface area (Å²) in [6.45, 7) is 0.153. The van der Waals surface area contributed by atoms with Crippen LogP contribution in [-0.4, -0.2) is 36.1 Å². The van der Waals surface area contributed by atoms with Crippen LogP contribution in [0.25, 0.3) is 0 Å². The van der Waals surface area contributed by atoms with E-state index >= 15 is 0 Å². The van der Waals surface area contributed by atoms with Crippen molar-refractivity contribution in [1.29, 1.82) is 0 Å². The first-order valence-corrected chi connectivity index (χ1v) is 7.52. The number of hydrogen-bond acceptors (Lipinski definition) is 3. The topological polar surface area (TPSA) is 78.4 Å². The van der Waals surface area contributed by atoms with Crippen molar-refractivity contribution in [1.82, 2.24) is 10.6 Å². The van der Waals surface area contributed by atoms with Gasteiger partial charge in [0.1, 0.15) is 0 Å². The second-order valence-corrected chi connectivity index (χ2v) is 5.87. The first-order valence-electron chi connectivity index (χ1n) is 7.52. The first-order chi connectivity index (χ1) is 9.67. The number of aliphatic hydroxyl groups excluding tert-OH is 1. The smallest absolute Gasteiger partial charge is 0.239 e. The van der Waals surface area contributed by atoms with Crippen molar-refractivity contribution in [3.8, 4) is 0 Å². The van der Waals surface area contributed by atoms with Crippen LogP contribution in [0.15, 0.2) is 12.2 Å². The minimum atomic E-state index is -0.169. The van der Waals surface area contributed by atoms with E-state index in [1.807, 2.05) is 12.2 Å². The molecule has 2 aliphatic carbocycles. The summed E-state index contributed by atoms with van der Waals surface area (Å²) in [5.41, 5.74) is 0. The maximum absolute atomic E-state index is 11.7. The molecular weight excluding hydrogens is 256 g/mol. The third-order valence-corrected chi connectivity index (χ3v) is 4.15. The van der Waals surface area contributed by atoms with Gasteiger partial charge < -0.3 is 15.7 Å². The number of amides is 2. The fourth-order valence-corrected chi connectivity index (χ4v) is 3.00. The van der Waals surface area contributed by atoms with Crippen molar-refractivity contribution < 1.29 is 14.7 Å². The summed E-state index contributed by atoms with van der Waals surface area (Å²) in [7, 11) is 0. The first kappa shape index (κ1) is 15.0. The van der Waals surface area contributed by atoms with Crippen LogP contribution >= 0.6 is 0 Å². The van der Waals surface area contributed by atoms with E-state index in [0.717, 1.165) is 19.3 Å². The summed E-state index contributed by atoms with van der Waals surface area (Å²) < 4.78 is 0. The third-order valence-electron chi connectivity index (χ3n) is 4.15. The largest absolute Gasteiger partial charge is 0.396 e. The van der Waals surface area contributed by atoms with Crippen molar-refractivity contribution in [3.05, 3.63) is 12.2 Å². The van der Waals surface area contributed by atoms with Crippen LogP contribution in [-0.2, 0) is 9.59 Å². The Hall–Kier alpha value is -1.36. The fraction of sp³-hybridized carbons (Fsp3) is 0.733. The number of hydrogen-bond donors (Lipinski definition) is 3. The molecule has 5 heteroatoms. The molecule has 0 bridgehead atoms. The molecular formula is C15H24N2O3. The molecule has 0 aromatic heterocycles. The zero-order chi connectivity index (χ0) is 14.4. The van der Waals surface area contributed by atoms with Gasteiger partial charge in [-0.25, -0.2) is 0 Å². The molecule has 2 atom stereocenters. The minimum Gasteiger partial charge on any atom is -0.396 e. The van der Waals surface area contributed by atoms with Crippen LogP contribution in [0.3, 0.4) is 0 Å². The highest BCUT2D eigenvalue weighted by Crippen LogP contribution is 2.27. The van der Waals surface area contributed by atoms with Gasteiger partial charge in [-0.2, -0.15) is 0 Å². The molecule has 0 heterocycles. The van der Waals surface area contributed by atoms with Gasteiger partial charge in [-0.3, -0.25) is 9.59 Å². The van der Waals surface area contributed by atoms with Crippen molar-refractivity contribution in [2.24, 2.45) is 11.8 Å². The number of rotatable bonds is 6. The van der Waals surface area contributed by atoms with E-state index in [2.05, 4.69) is 10.6 Å². The molecule has 3 N–H and O–H groups in total. The van der Waals surface area contributed by atoms with Crippen molar-refractivity contribution in [2.75, 3.05) is 13.2 Å². The standard InChI is InChI=1S/C15H24N2O3/c18-10-12-5-6-13(7-12)17-15(20)9-16-14(19)8-11-3-1-2-4-11/h5-6,11-13,18H,1-4,7-10H2,(H,16,19)(H,17,20)/t12-,13+/m0/s1. The summed E-state index contributed by atoms with van der Waals surface area (Å²) in [6.07, 6.45) is 9.81. The molecule has 0 spiro atoms. The molecule has 0 aromatic carbocycles. The van der Waals surface area contributed by atoms with Gasteiger partial charge in [0.2, 0.25) is 11.8 Å². The lowest BCUT2D eigenvalue weighted by atomic mass is 10.0. The summed E-state index contributed by atoms with van der Waals surface area (Å²) in [6, 6.07) is -0.0219. The Kier molecular flexibility index (Phi) is 5.59. The summed E-state index contributed by atoms with van der Waals surface area (Å²) in [5, 5.41) is 14.5. The van der Waals surface area contributed by atoms with Crippen molar-refractivity contribution in [2.45, 2.75) is 44.6 Å². The molecule has 20 heavy (non-hydrogen) atoms. The minimum absolute atomic E-state index is 0.0219. The van der Waals surface area contributed by atoms with Crippen LogP contribution in [0.2, 0.25) is 0 Å². The van der Waals surface area contributed by atoms with Crippen LogP contribution in [0, 0.1) is 11.8 Å². The molecule has 112 valence electrons. The van der Waals surface area contributed by atoms with Gasteiger partial charge >= 0.3 is 0 Å². The van der Waals surface area contributed by atoms with E-state index in [0.29, 0.717) is 12.3 Å². The van der Waals surface area contributed by atoms with E-state index < -0.39 is 0 Å². The predicted octanol–water partition coefficient (Wildman–Crippen LogP) is 0.736. The molecule has 1 fully saturated rings. The second kappa shape index (κ2) is 7.43. The van der Waals surface area contributed by atoms with Gasteiger partial charge in [0, 0.05) is 25.0 Å². The van der Waals surface area contributed by atoms with E-state index in [1.54, 1.807) is 0 Å². The average molecular weight is 280 g/mol. The van der Waals surface area contributed by atoms with Gasteiger partial charge in [-0.15, -0.1) is 0 Å². The number of carbonyl (C=O) groups is 2. The van der Waals surface area contributed by atoms with Crippen molar-refractivity contribution in [3.63, 3.8) is 0 Å². The molecule has 1 saturated carbocycles. The van der Waals surface area contributed by atoms with Crippen LogP contribution in [0.4, 0.5) is 0 Å². The lowest BCUT2D eigenvalue weighted by Gasteiger charge is -2.14. The lowest BCUT2D eigenvalue weighted by molar-refractivity contribution is -0.126. The highest BCUT2D eigenvalue weighted by atomic mass is 16.3. The predicted molar refractivity (Wildman–Crippen MR) is 75.8 cm³/mol. The van der Waals surface area contributed by atoms with E-state index in [9.17, 15) is 9.59 Å². The molecule has 0 aromatic rings. The number of aliphatic hydroxyl groups is 1. The Bertz CT molecular complexity index is 375. The lowest BCUT2D eigenvalue weighted by Crippen LogP contribution is -2.41. The maximum atomic E-state index is 11.7. The van der Waals surface area contributed by atoms with E-state index in [-0.39, 0.29) is 36.9 Å². The van der Waals surface area contributed by atoms with Gasteiger partial charge in [-0.1, -0.05) is 25.0 Å². The molecule has 0 aliphatic heterocycles. The van der Waals surface area contributed by atoms with Crippen LogP contribution in [0.1, 0.15) is 38.5 Å². The Morgan fingerprint density at radius 3 is 2.55 bits per heavy atom. The molecule has 0 unspecified atom stereocenters. The van der Waals surface area contributed by atoms with Crippen LogP contribution in [0.5, 0.6) is 0 Å². The van der Waals surface area contributed by atoms with Gasteiger partial charge in [0.15, 0.2) is 0 Å². The normalized spacial score (nSPS) is 25.9. The van der Waals surface area contributed by atoms with Crippen LogP contribution < -0.4 is 10.6 Å². The Morgan fingerprint density at radius 2 is 1.90 bits per heavy atom. The quantitative estimate of drug-likeness (QED) is 0.628. The molecule has 0 radical (unpaired) electrons. The maximum Gasteiger partial charge on any atom is 0.239 e. The molecule has 5 nitrogen and oxygen atoms in total. The number of nitrogens with one attached hydrogen (secondary N) is 2.